The molecule has 1 amide bonds. The first-order valence-electron chi connectivity index (χ1n) is 5.31. The highest BCUT2D eigenvalue weighted by Gasteiger charge is 2.16. The van der Waals surface area contributed by atoms with Gasteiger partial charge in [0, 0.05) is 13.7 Å². The largest absolute Gasteiger partial charge is 0.480 e. The third-order valence-corrected chi connectivity index (χ3v) is 1.95. The molecule has 1 N–H and O–H groups in total. The van der Waals surface area contributed by atoms with Crippen LogP contribution in [0.15, 0.2) is 0 Å². The molecule has 8 heteroatoms. The highest BCUT2D eigenvalue weighted by molar-refractivity contribution is 5.81. The number of nitrogens with zero attached hydrogens (tertiary/aromatic N) is 1. The summed E-state index contributed by atoms with van der Waals surface area (Å²) in [6.07, 6.45) is -2.72. The Hall–Kier alpha value is -1.28. The number of carbonyl (C=O) groups excluding carboxylic acids is 1. The van der Waals surface area contributed by atoms with E-state index in [0.29, 0.717) is 0 Å². The smallest absolute Gasteiger partial charge is 0.323 e. The number of hydrogen-bond donors (Lipinski definition) is 1. The number of amides is 1. The minimum absolute atomic E-state index is 0.135. The van der Waals surface area contributed by atoms with E-state index in [4.69, 9.17) is 9.84 Å². The zero-order valence-corrected chi connectivity index (χ0v) is 10.1. The van der Waals surface area contributed by atoms with Crippen LogP contribution in [0.25, 0.3) is 0 Å². The fraction of sp³-hybridized carbons (Fsp3) is 0.800. The van der Waals surface area contributed by atoms with Crippen molar-refractivity contribution in [3.05, 3.63) is 0 Å². The number of alkyl halides is 2. The summed E-state index contributed by atoms with van der Waals surface area (Å²) in [5, 5.41) is 8.61. The number of methoxy groups -OCH3 is 1. The van der Waals surface area contributed by atoms with Gasteiger partial charge >= 0.3 is 5.97 Å². The molecule has 18 heavy (non-hydrogen) atoms. The molecule has 0 bridgehead atoms. The van der Waals surface area contributed by atoms with Crippen molar-refractivity contribution in [2.45, 2.75) is 12.8 Å². The highest BCUT2D eigenvalue weighted by Crippen LogP contribution is 1.98. The van der Waals surface area contributed by atoms with Crippen LogP contribution in [0.4, 0.5) is 8.78 Å². The number of carboxylic acids is 1. The molecule has 0 saturated heterocycles. The summed E-state index contributed by atoms with van der Waals surface area (Å²) in [7, 11) is 1.43. The number of ether oxygens (including phenoxy) is 2. The third-order valence-electron chi connectivity index (χ3n) is 1.95. The Morgan fingerprint density at radius 2 is 2.00 bits per heavy atom. The number of halogens is 2. The van der Waals surface area contributed by atoms with E-state index in [9.17, 15) is 18.4 Å². The molecular weight excluding hydrogens is 252 g/mol. The molecule has 0 radical (unpaired) electrons. The molecule has 0 fully saturated rings. The molecule has 0 atom stereocenters. The van der Waals surface area contributed by atoms with Gasteiger partial charge in [-0.15, -0.1) is 0 Å². The van der Waals surface area contributed by atoms with Gasteiger partial charge in [-0.1, -0.05) is 0 Å². The first kappa shape index (κ1) is 16.7. The van der Waals surface area contributed by atoms with Crippen LogP contribution in [0.3, 0.4) is 0 Å². The van der Waals surface area contributed by atoms with E-state index in [1.807, 2.05) is 0 Å². The van der Waals surface area contributed by atoms with Crippen molar-refractivity contribution in [3.8, 4) is 0 Å². The van der Waals surface area contributed by atoms with Gasteiger partial charge in [0.05, 0.1) is 19.6 Å². The van der Waals surface area contributed by atoms with Crippen LogP contribution < -0.4 is 0 Å². The van der Waals surface area contributed by atoms with Gasteiger partial charge in [-0.25, -0.2) is 8.78 Å². The van der Waals surface area contributed by atoms with Gasteiger partial charge in [-0.05, 0) is 0 Å². The van der Waals surface area contributed by atoms with Gasteiger partial charge < -0.3 is 19.5 Å². The maximum Gasteiger partial charge on any atom is 0.323 e. The van der Waals surface area contributed by atoms with E-state index >= 15 is 0 Å². The summed E-state index contributed by atoms with van der Waals surface area (Å²) in [4.78, 5) is 23.2. The number of rotatable bonds is 10. The van der Waals surface area contributed by atoms with Crippen molar-refractivity contribution in [1.82, 2.24) is 4.90 Å². The van der Waals surface area contributed by atoms with E-state index in [1.54, 1.807) is 0 Å². The van der Waals surface area contributed by atoms with Crippen LogP contribution >= 0.6 is 0 Å². The molecule has 106 valence electrons. The Bertz CT molecular complexity index is 263. The standard InChI is InChI=1S/C10H17F2NO5/c1-17-5-3-13(6-10(15)16)9(14)2-4-18-7-8(11)12/h8H,2-7H2,1H3,(H,15,16). The fourth-order valence-electron chi connectivity index (χ4n) is 1.15. The molecule has 0 aliphatic carbocycles. The Morgan fingerprint density at radius 1 is 1.33 bits per heavy atom. The zero-order valence-electron chi connectivity index (χ0n) is 10.1. The number of hydrogen-bond acceptors (Lipinski definition) is 4. The molecule has 0 aromatic heterocycles. The lowest BCUT2D eigenvalue weighted by molar-refractivity contribution is -0.145. The molecule has 0 aliphatic rings. The average molecular weight is 269 g/mol. The second-order valence-corrected chi connectivity index (χ2v) is 3.42. The summed E-state index contributed by atoms with van der Waals surface area (Å²) in [5.41, 5.74) is 0. The van der Waals surface area contributed by atoms with Crippen LogP contribution in [0, 0.1) is 0 Å². The molecule has 0 aliphatic heterocycles. The summed E-state index contributed by atoms with van der Waals surface area (Å²) in [6, 6.07) is 0. The van der Waals surface area contributed by atoms with Gasteiger partial charge in [-0.3, -0.25) is 9.59 Å². The minimum atomic E-state index is -2.58. The van der Waals surface area contributed by atoms with Gasteiger partial charge in [-0.2, -0.15) is 0 Å². The molecule has 0 aromatic carbocycles. The average Bonchev–Trinajstić information content (AvgIpc) is 2.29. The lowest BCUT2D eigenvalue weighted by atomic mass is 10.3. The maximum absolute atomic E-state index is 11.7. The maximum atomic E-state index is 11.7. The Balaban J connectivity index is 3.99. The van der Waals surface area contributed by atoms with E-state index in [0.717, 1.165) is 4.90 Å². The van der Waals surface area contributed by atoms with Crippen molar-refractivity contribution in [1.29, 1.82) is 0 Å². The van der Waals surface area contributed by atoms with Crippen molar-refractivity contribution in [2.24, 2.45) is 0 Å². The van der Waals surface area contributed by atoms with Crippen LogP contribution in [0.5, 0.6) is 0 Å². The predicted octanol–water partition coefficient (Wildman–Crippen LogP) is 0.218. The van der Waals surface area contributed by atoms with Gasteiger partial charge in [0.15, 0.2) is 0 Å². The first-order valence-corrected chi connectivity index (χ1v) is 5.31. The molecule has 0 spiro atoms. The second-order valence-electron chi connectivity index (χ2n) is 3.42. The summed E-state index contributed by atoms with van der Waals surface area (Å²) in [6.45, 7) is -0.999. The molecule has 0 saturated carbocycles. The van der Waals surface area contributed by atoms with Crippen LogP contribution in [0.1, 0.15) is 6.42 Å². The van der Waals surface area contributed by atoms with Gasteiger partial charge in [0.1, 0.15) is 13.2 Å². The lowest BCUT2D eigenvalue weighted by Gasteiger charge is -2.20. The van der Waals surface area contributed by atoms with Crippen molar-refractivity contribution >= 4 is 11.9 Å². The van der Waals surface area contributed by atoms with Crippen molar-refractivity contribution in [2.75, 3.05) is 40.0 Å². The van der Waals surface area contributed by atoms with Crippen LogP contribution in [0.2, 0.25) is 0 Å². The molecule has 0 heterocycles. The van der Waals surface area contributed by atoms with E-state index in [2.05, 4.69) is 4.74 Å². The molecule has 0 unspecified atom stereocenters. The molecule has 0 aromatic rings. The second kappa shape index (κ2) is 9.72. The fourth-order valence-corrected chi connectivity index (χ4v) is 1.15. The normalized spacial score (nSPS) is 10.7. The quantitative estimate of drug-likeness (QED) is 0.574. The van der Waals surface area contributed by atoms with Gasteiger partial charge in [0.25, 0.3) is 6.43 Å². The lowest BCUT2D eigenvalue weighted by Crippen LogP contribution is -2.38. The van der Waals surface area contributed by atoms with Crippen LogP contribution in [-0.4, -0.2) is 68.3 Å². The predicted molar refractivity (Wildman–Crippen MR) is 57.5 cm³/mol. The Kier molecular flexibility index (Phi) is 9.03. The third kappa shape index (κ3) is 8.82. The Morgan fingerprint density at radius 3 is 2.50 bits per heavy atom. The molecule has 6 nitrogen and oxygen atoms in total. The van der Waals surface area contributed by atoms with Crippen molar-refractivity contribution < 1.29 is 33.0 Å². The molecule has 0 rings (SSSR count). The number of aliphatic carboxylic acids is 1. The topological polar surface area (TPSA) is 76.1 Å². The van der Waals surface area contributed by atoms with E-state index < -0.39 is 31.5 Å². The summed E-state index contributed by atoms with van der Waals surface area (Å²) >= 11 is 0. The van der Waals surface area contributed by atoms with E-state index in [-0.39, 0.29) is 26.2 Å². The van der Waals surface area contributed by atoms with Crippen molar-refractivity contribution in [3.63, 3.8) is 0 Å². The summed E-state index contributed by atoms with van der Waals surface area (Å²) in [5.74, 6) is -1.61. The van der Waals surface area contributed by atoms with Gasteiger partial charge in [0.2, 0.25) is 5.91 Å². The summed E-state index contributed by atoms with van der Waals surface area (Å²) < 4.78 is 32.8. The SMILES string of the molecule is COCCN(CC(=O)O)C(=O)CCOCC(F)F. The molecular formula is C10H17F2NO5. The van der Waals surface area contributed by atoms with E-state index in [1.165, 1.54) is 7.11 Å². The van der Waals surface area contributed by atoms with Crippen LogP contribution in [-0.2, 0) is 19.1 Å². The Labute approximate surface area is 103 Å². The zero-order chi connectivity index (χ0) is 14.0. The monoisotopic (exact) mass is 269 g/mol. The number of carbonyl (C=O) groups is 2. The highest BCUT2D eigenvalue weighted by atomic mass is 19.3. The number of carboxylic acid groups (broad SMARTS) is 1. The minimum Gasteiger partial charge on any atom is -0.480 e. The first-order chi connectivity index (χ1) is 8.47.